The van der Waals surface area contributed by atoms with Crippen molar-refractivity contribution in [3.05, 3.63) is 35.1 Å². The molecule has 104 valence electrons. The molecular weight excluding hydrogens is 249 g/mol. The van der Waals surface area contributed by atoms with Crippen LogP contribution < -0.4 is 11.1 Å². The van der Waals surface area contributed by atoms with E-state index in [2.05, 4.69) is 10.5 Å². The van der Waals surface area contributed by atoms with Crippen LogP contribution in [0.5, 0.6) is 0 Å². The number of halogens is 1. The average molecular weight is 267 g/mol. The summed E-state index contributed by atoms with van der Waals surface area (Å²) in [6, 6.07) is 4.79. The molecule has 0 spiro atoms. The Bertz CT molecular complexity index is 459. The van der Waals surface area contributed by atoms with Crippen LogP contribution in [-0.2, 0) is 11.3 Å². The molecule has 6 heteroatoms. The third-order valence-electron chi connectivity index (χ3n) is 3.18. The van der Waals surface area contributed by atoms with Crippen LogP contribution in [0.2, 0.25) is 0 Å². The van der Waals surface area contributed by atoms with Gasteiger partial charge in [0.25, 0.3) is 0 Å². The summed E-state index contributed by atoms with van der Waals surface area (Å²) in [6.07, 6.45) is 1.92. The van der Waals surface area contributed by atoms with E-state index in [9.17, 15) is 4.39 Å². The summed E-state index contributed by atoms with van der Waals surface area (Å²) in [5.74, 6) is -0.486. The highest BCUT2D eigenvalue weighted by molar-refractivity contribution is 5.97. The third kappa shape index (κ3) is 3.90. The Morgan fingerprint density at radius 3 is 2.84 bits per heavy atom. The number of nitrogens with zero attached hydrogens (tertiary/aromatic N) is 1. The summed E-state index contributed by atoms with van der Waals surface area (Å²) in [4.78, 5) is 0. The van der Waals surface area contributed by atoms with Crippen LogP contribution in [-0.4, -0.2) is 30.3 Å². The molecule has 0 bridgehead atoms. The maximum Gasteiger partial charge on any atom is 0.170 e. The van der Waals surface area contributed by atoms with Crippen LogP contribution in [0.3, 0.4) is 0 Å². The topological polar surface area (TPSA) is 79.9 Å². The molecular formula is C13H18FN3O2. The molecule has 0 radical (unpaired) electrons. The summed E-state index contributed by atoms with van der Waals surface area (Å²) >= 11 is 0. The van der Waals surface area contributed by atoms with E-state index in [1.807, 2.05) is 0 Å². The van der Waals surface area contributed by atoms with Gasteiger partial charge in [-0.2, -0.15) is 0 Å². The number of nitrogens with one attached hydrogen (secondary N) is 1. The number of amidine groups is 1. The van der Waals surface area contributed by atoms with Crippen molar-refractivity contribution in [2.24, 2.45) is 10.9 Å². The third-order valence-corrected chi connectivity index (χ3v) is 3.18. The highest BCUT2D eigenvalue weighted by Crippen LogP contribution is 2.11. The predicted octanol–water partition coefficient (Wildman–Crippen LogP) is 1.19. The van der Waals surface area contributed by atoms with Crippen molar-refractivity contribution in [3.8, 4) is 0 Å². The normalized spacial score (nSPS) is 17.6. The SMILES string of the molecule is N/C(=N/O)c1cc(F)cc(CNC2CCOCC2)c1. The molecule has 1 aromatic carbocycles. The first-order valence-corrected chi connectivity index (χ1v) is 6.27. The molecule has 0 unspecified atom stereocenters. The molecule has 1 saturated heterocycles. The monoisotopic (exact) mass is 267 g/mol. The molecule has 1 fully saturated rings. The molecule has 19 heavy (non-hydrogen) atoms. The van der Waals surface area contributed by atoms with Crippen molar-refractivity contribution in [1.29, 1.82) is 0 Å². The van der Waals surface area contributed by atoms with Gasteiger partial charge in [0.15, 0.2) is 5.84 Å². The Labute approximate surface area is 111 Å². The Balaban J connectivity index is 2.01. The standard InChI is InChI=1S/C13H18FN3O2/c14-11-6-9(5-10(7-11)13(15)17-18)8-16-12-1-3-19-4-2-12/h5-7,12,16,18H,1-4,8H2,(H2,15,17). The van der Waals surface area contributed by atoms with Crippen molar-refractivity contribution in [3.63, 3.8) is 0 Å². The lowest BCUT2D eigenvalue weighted by Crippen LogP contribution is -2.34. The van der Waals surface area contributed by atoms with Crippen LogP contribution in [0.1, 0.15) is 24.0 Å². The minimum absolute atomic E-state index is 0.0909. The molecule has 1 aliphatic rings. The van der Waals surface area contributed by atoms with E-state index in [4.69, 9.17) is 15.7 Å². The van der Waals surface area contributed by atoms with Gasteiger partial charge >= 0.3 is 0 Å². The maximum atomic E-state index is 13.4. The van der Waals surface area contributed by atoms with Crippen LogP contribution in [0.15, 0.2) is 23.4 Å². The van der Waals surface area contributed by atoms with Crippen LogP contribution in [0.4, 0.5) is 4.39 Å². The number of nitrogens with two attached hydrogens (primary N) is 1. The lowest BCUT2D eigenvalue weighted by molar-refractivity contribution is 0.0776. The zero-order valence-electron chi connectivity index (χ0n) is 10.6. The molecule has 5 nitrogen and oxygen atoms in total. The van der Waals surface area contributed by atoms with Gasteiger partial charge in [-0.25, -0.2) is 4.39 Å². The van der Waals surface area contributed by atoms with E-state index < -0.39 is 5.82 Å². The van der Waals surface area contributed by atoms with E-state index in [1.54, 1.807) is 6.07 Å². The van der Waals surface area contributed by atoms with Gasteiger partial charge in [-0.15, -0.1) is 0 Å². The minimum Gasteiger partial charge on any atom is -0.409 e. The zero-order valence-corrected chi connectivity index (χ0v) is 10.6. The molecule has 0 saturated carbocycles. The Kier molecular flexibility index (Phi) is 4.70. The maximum absolute atomic E-state index is 13.4. The molecule has 0 aliphatic carbocycles. The predicted molar refractivity (Wildman–Crippen MR) is 69.6 cm³/mol. The second kappa shape index (κ2) is 6.49. The van der Waals surface area contributed by atoms with Crippen molar-refractivity contribution in [2.45, 2.75) is 25.4 Å². The molecule has 1 aromatic rings. The summed E-state index contributed by atoms with van der Waals surface area (Å²) in [7, 11) is 0. The van der Waals surface area contributed by atoms with Crippen molar-refractivity contribution >= 4 is 5.84 Å². The van der Waals surface area contributed by atoms with Crippen molar-refractivity contribution < 1.29 is 14.3 Å². The van der Waals surface area contributed by atoms with Gasteiger partial charge in [0.1, 0.15) is 5.82 Å². The van der Waals surface area contributed by atoms with E-state index in [0.717, 1.165) is 31.6 Å². The number of hydrogen-bond donors (Lipinski definition) is 3. The average Bonchev–Trinajstić information content (AvgIpc) is 2.45. The highest BCUT2D eigenvalue weighted by atomic mass is 19.1. The van der Waals surface area contributed by atoms with Crippen molar-refractivity contribution in [2.75, 3.05) is 13.2 Å². The van der Waals surface area contributed by atoms with Gasteiger partial charge in [0.05, 0.1) is 0 Å². The second-order valence-electron chi connectivity index (χ2n) is 4.60. The fourth-order valence-electron chi connectivity index (χ4n) is 2.12. The van der Waals surface area contributed by atoms with Gasteiger partial charge in [0, 0.05) is 31.4 Å². The van der Waals surface area contributed by atoms with E-state index in [-0.39, 0.29) is 5.84 Å². The van der Waals surface area contributed by atoms with E-state index in [0.29, 0.717) is 18.2 Å². The summed E-state index contributed by atoms with van der Waals surface area (Å²) < 4.78 is 18.7. The summed E-state index contributed by atoms with van der Waals surface area (Å²) in [6.45, 7) is 2.07. The van der Waals surface area contributed by atoms with E-state index in [1.165, 1.54) is 12.1 Å². The van der Waals surface area contributed by atoms with Gasteiger partial charge in [-0.3, -0.25) is 0 Å². The molecule has 4 N–H and O–H groups in total. The first-order chi connectivity index (χ1) is 9.19. The molecule has 1 aliphatic heterocycles. The quantitative estimate of drug-likeness (QED) is 0.331. The van der Waals surface area contributed by atoms with Crippen molar-refractivity contribution in [1.82, 2.24) is 5.32 Å². The fourth-order valence-corrected chi connectivity index (χ4v) is 2.12. The second-order valence-corrected chi connectivity index (χ2v) is 4.60. The summed E-state index contributed by atoms with van der Waals surface area (Å²) in [5.41, 5.74) is 6.62. The summed E-state index contributed by atoms with van der Waals surface area (Å²) in [5, 5.41) is 14.9. The first kappa shape index (κ1) is 13.8. The fraction of sp³-hybridized carbons (Fsp3) is 0.462. The number of rotatable bonds is 4. The number of hydrogen-bond acceptors (Lipinski definition) is 4. The van der Waals surface area contributed by atoms with Crippen LogP contribution in [0, 0.1) is 5.82 Å². The first-order valence-electron chi connectivity index (χ1n) is 6.27. The molecule has 0 aromatic heterocycles. The largest absolute Gasteiger partial charge is 0.409 e. The van der Waals surface area contributed by atoms with Crippen LogP contribution in [0.25, 0.3) is 0 Å². The van der Waals surface area contributed by atoms with Gasteiger partial charge in [-0.1, -0.05) is 5.16 Å². The number of oxime groups is 1. The number of benzene rings is 1. The smallest absolute Gasteiger partial charge is 0.170 e. The molecule has 2 rings (SSSR count). The van der Waals surface area contributed by atoms with Crippen LogP contribution >= 0.6 is 0 Å². The molecule has 0 atom stereocenters. The Morgan fingerprint density at radius 2 is 2.16 bits per heavy atom. The Morgan fingerprint density at radius 1 is 1.42 bits per heavy atom. The minimum atomic E-state index is -0.395. The van der Waals surface area contributed by atoms with Gasteiger partial charge in [-0.05, 0) is 36.6 Å². The van der Waals surface area contributed by atoms with E-state index >= 15 is 0 Å². The van der Waals surface area contributed by atoms with Gasteiger partial charge < -0.3 is 21.0 Å². The Hall–Kier alpha value is -1.66. The molecule has 1 heterocycles. The van der Waals surface area contributed by atoms with Gasteiger partial charge in [0.2, 0.25) is 0 Å². The number of ether oxygens (including phenoxy) is 1. The molecule has 0 amide bonds. The zero-order chi connectivity index (χ0) is 13.7. The highest BCUT2D eigenvalue weighted by Gasteiger charge is 2.13. The lowest BCUT2D eigenvalue weighted by atomic mass is 10.1. The lowest BCUT2D eigenvalue weighted by Gasteiger charge is -2.23.